The second-order valence-electron chi connectivity index (χ2n) is 4.22. The van der Waals surface area contributed by atoms with Crippen LogP contribution in [0.3, 0.4) is 0 Å². The van der Waals surface area contributed by atoms with Crippen LogP contribution in [0, 0.1) is 18.6 Å². The number of rotatable bonds is 0. The summed E-state index contributed by atoms with van der Waals surface area (Å²) in [6.45, 7) is 5.81. The number of benzene rings is 1. The SMILES string of the molecule is C=C1c2cc(F)cc(F)c2-c2cc(C)cc[n+]21. The van der Waals surface area contributed by atoms with Crippen LogP contribution < -0.4 is 4.57 Å². The Morgan fingerprint density at radius 1 is 1.18 bits per heavy atom. The summed E-state index contributed by atoms with van der Waals surface area (Å²) >= 11 is 0. The number of fused-ring (bicyclic) bond motifs is 3. The molecule has 0 fully saturated rings. The van der Waals surface area contributed by atoms with E-state index in [0.717, 1.165) is 17.3 Å². The zero-order chi connectivity index (χ0) is 12.2. The summed E-state index contributed by atoms with van der Waals surface area (Å²) in [7, 11) is 0. The minimum absolute atomic E-state index is 0.431. The summed E-state index contributed by atoms with van der Waals surface area (Å²) in [5.74, 6) is -1.12. The summed E-state index contributed by atoms with van der Waals surface area (Å²) < 4.78 is 28.8. The molecule has 0 saturated carbocycles. The predicted molar refractivity (Wildman–Crippen MR) is 61.2 cm³/mol. The Labute approximate surface area is 97.6 Å². The lowest BCUT2D eigenvalue weighted by atomic mass is 10.0. The number of halogens is 2. The third-order valence-corrected chi connectivity index (χ3v) is 3.02. The van der Waals surface area contributed by atoms with Crippen molar-refractivity contribution < 1.29 is 13.3 Å². The maximum Gasteiger partial charge on any atom is 0.222 e. The average molecular weight is 230 g/mol. The third kappa shape index (κ3) is 1.32. The maximum absolute atomic E-state index is 13.8. The average Bonchev–Trinajstić information content (AvgIpc) is 2.52. The molecule has 0 N–H and O–H groups in total. The molecule has 1 aromatic carbocycles. The lowest BCUT2D eigenvalue weighted by Crippen LogP contribution is -2.29. The first-order valence-corrected chi connectivity index (χ1v) is 5.29. The summed E-state index contributed by atoms with van der Waals surface area (Å²) in [4.78, 5) is 0. The van der Waals surface area contributed by atoms with Gasteiger partial charge in [-0.25, -0.2) is 8.78 Å². The molecule has 0 atom stereocenters. The van der Waals surface area contributed by atoms with Crippen molar-refractivity contribution in [3.05, 3.63) is 59.8 Å². The van der Waals surface area contributed by atoms with E-state index in [1.807, 2.05) is 25.3 Å². The molecule has 0 radical (unpaired) electrons. The number of hydrogen-bond acceptors (Lipinski definition) is 0. The van der Waals surface area contributed by atoms with Crippen LogP contribution in [-0.2, 0) is 0 Å². The number of aryl methyl sites for hydroxylation is 1. The summed E-state index contributed by atoms with van der Waals surface area (Å²) in [5, 5.41) is 0. The molecule has 84 valence electrons. The molecule has 0 aliphatic carbocycles. The molecule has 1 nitrogen and oxygen atoms in total. The molecule has 1 aromatic heterocycles. The third-order valence-electron chi connectivity index (χ3n) is 3.02. The fourth-order valence-corrected chi connectivity index (χ4v) is 2.22. The monoisotopic (exact) mass is 230 g/mol. The van der Waals surface area contributed by atoms with E-state index in [1.165, 1.54) is 6.07 Å². The van der Waals surface area contributed by atoms with Crippen LogP contribution in [0.1, 0.15) is 11.1 Å². The highest BCUT2D eigenvalue weighted by Gasteiger charge is 2.33. The zero-order valence-corrected chi connectivity index (χ0v) is 9.30. The quantitative estimate of drug-likeness (QED) is 0.522. The molecule has 0 spiro atoms. The van der Waals surface area contributed by atoms with Crippen molar-refractivity contribution in [3.8, 4) is 11.3 Å². The molecule has 3 heteroatoms. The van der Waals surface area contributed by atoms with Gasteiger partial charge in [0.15, 0.2) is 6.20 Å². The minimum Gasteiger partial charge on any atom is -0.207 e. The topological polar surface area (TPSA) is 3.88 Å². The van der Waals surface area contributed by atoms with E-state index in [4.69, 9.17) is 0 Å². The van der Waals surface area contributed by atoms with E-state index in [0.29, 0.717) is 16.8 Å². The molecule has 0 amide bonds. The van der Waals surface area contributed by atoms with Crippen LogP contribution >= 0.6 is 0 Å². The van der Waals surface area contributed by atoms with Gasteiger partial charge in [-0.15, -0.1) is 0 Å². The summed E-state index contributed by atoms with van der Waals surface area (Å²) in [6, 6.07) is 6.01. The van der Waals surface area contributed by atoms with Crippen LogP contribution in [0.2, 0.25) is 0 Å². The highest BCUT2D eigenvalue weighted by atomic mass is 19.1. The van der Waals surface area contributed by atoms with Gasteiger partial charge in [0.1, 0.15) is 11.6 Å². The highest BCUT2D eigenvalue weighted by Crippen LogP contribution is 2.34. The standard InChI is InChI=1S/C14H10F2N/c1-8-3-4-17-9(2)11-6-10(15)7-12(16)14(11)13(17)5-8/h3-7H,2H2,1H3/q+1. The number of hydrogen-bond donors (Lipinski definition) is 0. The maximum atomic E-state index is 13.8. The minimum atomic E-state index is -0.576. The summed E-state index contributed by atoms with van der Waals surface area (Å²) in [5.41, 5.74) is 3.31. The Morgan fingerprint density at radius 3 is 2.71 bits per heavy atom. The van der Waals surface area contributed by atoms with E-state index in [2.05, 4.69) is 6.58 Å². The molecule has 1 aliphatic rings. The molecule has 1 aliphatic heterocycles. The molecule has 0 saturated heterocycles. The van der Waals surface area contributed by atoms with E-state index in [9.17, 15) is 8.78 Å². The van der Waals surface area contributed by atoms with Gasteiger partial charge in [-0.3, -0.25) is 0 Å². The molecule has 0 unspecified atom stereocenters. The molecular formula is C14H10F2N+. The van der Waals surface area contributed by atoms with Crippen LogP contribution in [0.15, 0.2) is 37.0 Å². The van der Waals surface area contributed by atoms with Crippen molar-refractivity contribution in [2.45, 2.75) is 6.92 Å². The van der Waals surface area contributed by atoms with Gasteiger partial charge in [-0.1, -0.05) is 0 Å². The van der Waals surface area contributed by atoms with Gasteiger partial charge in [0.2, 0.25) is 11.4 Å². The van der Waals surface area contributed by atoms with Gasteiger partial charge < -0.3 is 0 Å². The van der Waals surface area contributed by atoms with E-state index in [1.54, 1.807) is 4.57 Å². The Bertz CT molecular complexity index is 660. The van der Waals surface area contributed by atoms with Crippen LogP contribution in [0.4, 0.5) is 8.78 Å². The lowest BCUT2D eigenvalue weighted by molar-refractivity contribution is -0.562. The van der Waals surface area contributed by atoms with Gasteiger partial charge in [0, 0.05) is 18.2 Å². The second-order valence-corrected chi connectivity index (χ2v) is 4.22. The first-order chi connectivity index (χ1) is 8.08. The number of nitrogens with zero attached hydrogens (tertiary/aromatic N) is 1. The van der Waals surface area contributed by atoms with Crippen molar-refractivity contribution in [1.29, 1.82) is 0 Å². The molecule has 0 bridgehead atoms. The Hall–Kier alpha value is -2.03. The van der Waals surface area contributed by atoms with Crippen molar-refractivity contribution in [2.24, 2.45) is 0 Å². The van der Waals surface area contributed by atoms with Gasteiger partial charge in [0.25, 0.3) is 0 Å². The normalized spacial score (nSPS) is 12.5. The largest absolute Gasteiger partial charge is 0.222 e. The van der Waals surface area contributed by atoms with Gasteiger partial charge in [-0.05, 0) is 25.1 Å². The Kier molecular flexibility index (Phi) is 1.93. The second kappa shape index (κ2) is 3.23. The fraction of sp³-hybridized carbons (Fsp3) is 0.0714. The van der Waals surface area contributed by atoms with Crippen LogP contribution in [0.5, 0.6) is 0 Å². The molecule has 2 heterocycles. The summed E-state index contributed by atoms with van der Waals surface area (Å²) in [6.07, 6.45) is 1.82. The van der Waals surface area contributed by atoms with Crippen molar-refractivity contribution in [3.63, 3.8) is 0 Å². The van der Waals surface area contributed by atoms with Gasteiger partial charge >= 0.3 is 0 Å². The molecule has 17 heavy (non-hydrogen) atoms. The Balaban J connectivity index is 2.41. The van der Waals surface area contributed by atoms with Gasteiger partial charge in [0.05, 0.1) is 11.1 Å². The van der Waals surface area contributed by atoms with Gasteiger partial charge in [-0.2, -0.15) is 4.57 Å². The number of pyridine rings is 1. The predicted octanol–water partition coefficient (Wildman–Crippen LogP) is 3.06. The van der Waals surface area contributed by atoms with E-state index < -0.39 is 11.6 Å². The molecular weight excluding hydrogens is 220 g/mol. The Morgan fingerprint density at radius 2 is 1.94 bits per heavy atom. The van der Waals surface area contributed by atoms with Crippen molar-refractivity contribution in [2.75, 3.05) is 0 Å². The van der Waals surface area contributed by atoms with Crippen molar-refractivity contribution >= 4 is 5.70 Å². The van der Waals surface area contributed by atoms with E-state index >= 15 is 0 Å². The fourth-order valence-electron chi connectivity index (χ4n) is 2.22. The number of aromatic nitrogens is 1. The van der Waals surface area contributed by atoms with E-state index in [-0.39, 0.29) is 0 Å². The zero-order valence-electron chi connectivity index (χ0n) is 9.30. The smallest absolute Gasteiger partial charge is 0.207 e. The first kappa shape index (κ1) is 10.1. The van der Waals surface area contributed by atoms with Crippen LogP contribution in [-0.4, -0.2) is 0 Å². The molecule has 3 rings (SSSR count). The molecule has 2 aromatic rings. The van der Waals surface area contributed by atoms with Crippen LogP contribution in [0.25, 0.3) is 17.0 Å². The highest BCUT2D eigenvalue weighted by molar-refractivity contribution is 5.80. The van der Waals surface area contributed by atoms with Crippen molar-refractivity contribution in [1.82, 2.24) is 0 Å². The lowest BCUT2D eigenvalue weighted by Gasteiger charge is -1.97. The first-order valence-electron chi connectivity index (χ1n) is 5.29.